The van der Waals surface area contributed by atoms with E-state index < -0.39 is 29.3 Å². The minimum Gasteiger partial charge on any atom is -0.356 e. The van der Waals surface area contributed by atoms with Gasteiger partial charge >= 0.3 is 0 Å². The SMILES string of the molecule is Cc1cc(F)c(C2c3[nH]c4ccccc4c3CCCN2C(=O)C(C)(C)F)c(F)c1. The lowest BCUT2D eigenvalue weighted by atomic mass is 9.95. The number of nitrogens with zero attached hydrogens (tertiary/aromatic N) is 1. The second kappa shape index (κ2) is 6.94. The zero-order chi connectivity index (χ0) is 20.9. The summed E-state index contributed by atoms with van der Waals surface area (Å²) in [4.78, 5) is 17.5. The fourth-order valence-electron chi connectivity index (χ4n) is 4.27. The molecule has 1 amide bonds. The number of amides is 1. The zero-order valence-corrected chi connectivity index (χ0v) is 16.7. The molecule has 3 nitrogen and oxygen atoms in total. The van der Waals surface area contributed by atoms with Gasteiger partial charge in [-0.1, -0.05) is 18.2 Å². The lowest BCUT2D eigenvalue weighted by Crippen LogP contribution is -2.45. The Morgan fingerprint density at radius 2 is 1.83 bits per heavy atom. The number of H-pyrrole nitrogens is 1. The quantitative estimate of drug-likeness (QED) is 0.617. The van der Waals surface area contributed by atoms with Gasteiger partial charge in [0.2, 0.25) is 0 Å². The number of hydrogen-bond acceptors (Lipinski definition) is 1. The Morgan fingerprint density at radius 3 is 2.48 bits per heavy atom. The number of rotatable bonds is 2. The van der Waals surface area contributed by atoms with E-state index in [0.717, 1.165) is 16.5 Å². The molecule has 0 spiro atoms. The number of halogens is 3. The molecular formula is C23H23F3N2O. The van der Waals surface area contributed by atoms with E-state index in [1.54, 1.807) is 6.92 Å². The van der Waals surface area contributed by atoms with E-state index >= 15 is 8.78 Å². The Labute approximate surface area is 167 Å². The molecule has 3 aromatic rings. The lowest BCUT2D eigenvalue weighted by Gasteiger charge is -2.34. The largest absolute Gasteiger partial charge is 0.356 e. The van der Waals surface area contributed by atoms with Crippen molar-refractivity contribution in [1.82, 2.24) is 9.88 Å². The first-order valence-corrected chi connectivity index (χ1v) is 9.73. The molecule has 1 aliphatic rings. The summed E-state index contributed by atoms with van der Waals surface area (Å²) in [5.41, 5.74) is 0.330. The fourth-order valence-corrected chi connectivity index (χ4v) is 4.27. The van der Waals surface area contributed by atoms with Crippen LogP contribution >= 0.6 is 0 Å². The third-order valence-electron chi connectivity index (χ3n) is 5.52. The van der Waals surface area contributed by atoms with Gasteiger partial charge < -0.3 is 9.88 Å². The van der Waals surface area contributed by atoms with Crippen molar-refractivity contribution in [1.29, 1.82) is 0 Å². The number of aromatic amines is 1. The summed E-state index contributed by atoms with van der Waals surface area (Å²) in [6.07, 6.45) is 1.20. The Morgan fingerprint density at radius 1 is 1.17 bits per heavy atom. The van der Waals surface area contributed by atoms with Gasteiger partial charge in [-0.15, -0.1) is 0 Å². The van der Waals surface area contributed by atoms with Crippen LogP contribution in [0, 0.1) is 18.6 Å². The highest BCUT2D eigenvalue weighted by Crippen LogP contribution is 2.40. The predicted molar refractivity (Wildman–Crippen MR) is 106 cm³/mol. The third kappa shape index (κ3) is 3.30. The summed E-state index contributed by atoms with van der Waals surface area (Å²) in [6.45, 7) is 4.15. The highest BCUT2D eigenvalue weighted by atomic mass is 19.1. The van der Waals surface area contributed by atoms with Crippen molar-refractivity contribution in [3.05, 3.63) is 70.4 Å². The van der Waals surface area contributed by atoms with Crippen LogP contribution in [0.4, 0.5) is 13.2 Å². The molecule has 152 valence electrons. The number of aryl methyl sites for hydroxylation is 2. The number of hydrogen-bond donors (Lipinski definition) is 1. The van der Waals surface area contributed by atoms with Gasteiger partial charge in [-0.25, -0.2) is 13.2 Å². The van der Waals surface area contributed by atoms with Gasteiger partial charge in [-0.2, -0.15) is 0 Å². The average molecular weight is 400 g/mol. The number of aromatic nitrogens is 1. The summed E-state index contributed by atoms with van der Waals surface area (Å²) in [6, 6.07) is 9.02. The molecule has 6 heteroatoms. The van der Waals surface area contributed by atoms with Crippen LogP contribution in [0.2, 0.25) is 0 Å². The smallest absolute Gasteiger partial charge is 0.260 e. The van der Waals surface area contributed by atoms with Gasteiger partial charge in [0.15, 0.2) is 5.67 Å². The number of para-hydroxylation sites is 1. The van der Waals surface area contributed by atoms with Crippen LogP contribution in [0.25, 0.3) is 10.9 Å². The highest BCUT2D eigenvalue weighted by molar-refractivity contribution is 5.88. The van der Waals surface area contributed by atoms with Gasteiger partial charge in [0, 0.05) is 23.1 Å². The van der Waals surface area contributed by atoms with Gasteiger partial charge in [-0.3, -0.25) is 4.79 Å². The summed E-state index contributed by atoms with van der Waals surface area (Å²) < 4.78 is 44.7. The first kappa shape index (κ1) is 19.6. The van der Waals surface area contributed by atoms with Crippen LogP contribution in [-0.4, -0.2) is 28.0 Å². The maximum Gasteiger partial charge on any atom is 0.260 e. The van der Waals surface area contributed by atoms with E-state index in [1.165, 1.54) is 30.9 Å². The van der Waals surface area contributed by atoms with Crippen LogP contribution in [-0.2, 0) is 11.2 Å². The van der Waals surface area contributed by atoms with E-state index in [1.807, 2.05) is 24.3 Å². The summed E-state index contributed by atoms with van der Waals surface area (Å²) in [7, 11) is 0. The van der Waals surface area contributed by atoms with Crippen LogP contribution in [0.15, 0.2) is 36.4 Å². The standard InChI is InChI=1S/C23H23F3N2O/c1-13-11-16(24)19(17(25)12-13)21-20-15(14-7-4-5-9-18(14)27-20)8-6-10-28(21)22(29)23(2,3)26/h4-5,7,9,11-12,21,27H,6,8,10H2,1-3H3. The van der Waals surface area contributed by atoms with Crippen LogP contribution in [0.1, 0.15) is 48.7 Å². The molecule has 1 atom stereocenters. The Hall–Kier alpha value is -2.76. The minimum absolute atomic E-state index is 0.209. The van der Waals surface area contributed by atoms with Crippen molar-refractivity contribution < 1.29 is 18.0 Å². The molecule has 1 N–H and O–H groups in total. The normalized spacial score (nSPS) is 17.3. The van der Waals surface area contributed by atoms with Crippen LogP contribution in [0.3, 0.4) is 0 Å². The number of fused-ring (bicyclic) bond motifs is 3. The first-order valence-electron chi connectivity index (χ1n) is 9.73. The van der Waals surface area contributed by atoms with Crippen LogP contribution < -0.4 is 0 Å². The molecule has 1 aromatic heterocycles. The summed E-state index contributed by atoms with van der Waals surface area (Å²) in [5, 5.41) is 0.953. The topological polar surface area (TPSA) is 36.1 Å². The molecule has 29 heavy (non-hydrogen) atoms. The zero-order valence-electron chi connectivity index (χ0n) is 16.7. The molecule has 4 rings (SSSR count). The Bertz CT molecular complexity index is 1070. The van der Waals surface area contributed by atoms with Gasteiger partial charge in [0.05, 0.1) is 5.56 Å². The summed E-state index contributed by atoms with van der Waals surface area (Å²) >= 11 is 0. The lowest BCUT2D eigenvalue weighted by molar-refractivity contribution is -0.143. The molecular weight excluding hydrogens is 377 g/mol. The second-order valence-electron chi connectivity index (χ2n) is 8.18. The predicted octanol–water partition coefficient (Wildman–Crippen LogP) is 5.37. The number of alkyl halides is 1. The van der Waals surface area contributed by atoms with Crippen LogP contribution in [0.5, 0.6) is 0 Å². The molecule has 0 radical (unpaired) electrons. The van der Waals surface area contributed by atoms with Crippen molar-refractivity contribution in [2.24, 2.45) is 0 Å². The average Bonchev–Trinajstić information content (AvgIpc) is 2.89. The number of carbonyl (C=O) groups is 1. The van der Waals surface area contributed by atoms with Crippen molar-refractivity contribution >= 4 is 16.8 Å². The number of nitrogens with one attached hydrogen (secondary N) is 1. The number of benzene rings is 2. The van der Waals surface area contributed by atoms with Gasteiger partial charge in [-0.05, 0) is 62.9 Å². The fraction of sp³-hybridized carbons (Fsp3) is 0.348. The molecule has 0 fully saturated rings. The second-order valence-corrected chi connectivity index (χ2v) is 8.18. The van der Waals surface area contributed by atoms with Crippen molar-refractivity contribution in [2.45, 2.75) is 45.3 Å². The van der Waals surface area contributed by atoms with Crippen molar-refractivity contribution in [3.8, 4) is 0 Å². The maximum absolute atomic E-state index is 15.0. The Balaban J connectivity index is 2.01. The molecule has 2 heterocycles. The van der Waals surface area contributed by atoms with Gasteiger partial charge in [0.25, 0.3) is 5.91 Å². The Kier molecular flexibility index (Phi) is 4.68. The third-order valence-corrected chi connectivity index (χ3v) is 5.52. The minimum atomic E-state index is -2.16. The van der Waals surface area contributed by atoms with E-state index in [9.17, 15) is 9.18 Å². The monoisotopic (exact) mass is 400 g/mol. The van der Waals surface area contributed by atoms with E-state index in [0.29, 0.717) is 24.1 Å². The van der Waals surface area contributed by atoms with Crippen molar-refractivity contribution in [2.75, 3.05) is 6.54 Å². The summed E-state index contributed by atoms with van der Waals surface area (Å²) in [5.74, 6) is -2.27. The molecule has 0 saturated carbocycles. The van der Waals surface area contributed by atoms with Gasteiger partial charge in [0.1, 0.15) is 17.7 Å². The highest BCUT2D eigenvalue weighted by Gasteiger charge is 2.41. The van der Waals surface area contributed by atoms with Crippen molar-refractivity contribution in [3.63, 3.8) is 0 Å². The molecule has 0 aliphatic carbocycles. The maximum atomic E-state index is 15.0. The molecule has 1 aliphatic heterocycles. The molecule has 0 bridgehead atoms. The number of carbonyl (C=O) groups excluding carboxylic acids is 1. The first-order chi connectivity index (χ1) is 13.7. The molecule has 1 unspecified atom stereocenters. The molecule has 2 aromatic carbocycles. The van der Waals surface area contributed by atoms with E-state index in [-0.39, 0.29) is 12.1 Å². The molecule has 0 saturated heterocycles. The van der Waals surface area contributed by atoms with E-state index in [4.69, 9.17) is 0 Å². The van der Waals surface area contributed by atoms with E-state index in [2.05, 4.69) is 4.98 Å².